The Labute approximate surface area is 227 Å². The van der Waals surface area contributed by atoms with E-state index in [9.17, 15) is 28.3 Å². The number of halogens is 2. The molecule has 2 N–H and O–H groups in total. The highest BCUT2D eigenvalue weighted by atomic mass is 19.1. The number of aromatic nitrogens is 1. The van der Waals surface area contributed by atoms with Crippen LogP contribution in [0.15, 0.2) is 89.9 Å². The van der Waals surface area contributed by atoms with Gasteiger partial charge in [0.15, 0.2) is 17.7 Å². The van der Waals surface area contributed by atoms with Gasteiger partial charge >= 0.3 is 0 Å². The van der Waals surface area contributed by atoms with E-state index in [1.807, 2.05) is 60.7 Å². The van der Waals surface area contributed by atoms with Crippen molar-refractivity contribution in [1.29, 1.82) is 0 Å². The molecule has 0 saturated carbocycles. The van der Waals surface area contributed by atoms with Gasteiger partial charge in [-0.3, -0.25) is 19.3 Å². The predicted octanol–water partition coefficient (Wildman–Crippen LogP) is 4.06. The zero-order chi connectivity index (χ0) is 28.0. The number of fused-ring (bicyclic) bond motifs is 2. The fraction of sp³-hybridized carbons (Fsp3) is 0.167. The van der Waals surface area contributed by atoms with Crippen LogP contribution in [-0.4, -0.2) is 32.6 Å². The van der Waals surface area contributed by atoms with Gasteiger partial charge in [-0.15, -0.1) is 0 Å². The zero-order valence-electron chi connectivity index (χ0n) is 21.0. The molecular weight excluding hydrogens is 520 g/mol. The van der Waals surface area contributed by atoms with E-state index in [1.165, 1.54) is 21.7 Å². The monoisotopic (exact) mass is 543 g/mol. The Balaban J connectivity index is 1.34. The standard InChI is InChI=1S/C30H23F2N3O5/c31-20-12-11-19(22(32)13-20)14-33-29(38)21-15-34-16-23-35(30(39)25(34)27(37)26(21)36)24(17-7-3-1-4-8-17)28(40-23)18-9-5-2-6-10-18/h1-13,15,23-24,28,37H,14,16H2,(H,33,38)/t23-,24?,28-/m0/s1. The first kappa shape index (κ1) is 25.4. The molecule has 10 heteroatoms. The first-order valence-electron chi connectivity index (χ1n) is 12.6. The molecule has 1 aromatic heterocycles. The second-order valence-electron chi connectivity index (χ2n) is 9.63. The van der Waals surface area contributed by atoms with Crippen molar-refractivity contribution >= 4 is 11.8 Å². The number of hydrogen-bond donors (Lipinski definition) is 2. The molecule has 40 heavy (non-hydrogen) atoms. The molecule has 0 radical (unpaired) electrons. The van der Waals surface area contributed by atoms with Crippen molar-refractivity contribution in [2.75, 3.05) is 0 Å². The van der Waals surface area contributed by atoms with Gasteiger partial charge < -0.3 is 19.7 Å². The third-order valence-corrected chi connectivity index (χ3v) is 7.21. The van der Waals surface area contributed by atoms with Crippen LogP contribution in [0, 0.1) is 11.6 Å². The van der Waals surface area contributed by atoms with Crippen LogP contribution in [0.25, 0.3) is 0 Å². The second-order valence-corrected chi connectivity index (χ2v) is 9.63. The Morgan fingerprint density at radius 1 is 0.975 bits per heavy atom. The quantitative estimate of drug-likeness (QED) is 0.396. The fourth-order valence-corrected chi connectivity index (χ4v) is 5.32. The third-order valence-electron chi connectivity index (χ3n) is 7.21. The van der Waals surface area contributed by atoms with Crippen LogP contribution in [0.5, 0.6) is 5.75 Å². The zero-order valence-corrected chi connectivity index (χ0v) is 21.0. The molecule has 3 atom stereocenters. The summed E-state index contributed by atoms with van der Waals surface area (Å²) in [6, 6.07) is 21.2. The van der Waals surface area contributed by atoms with Crippen molar-refractivity contribution < 1.29 is 28.2 Å². The van der Waals surface area contributed by atoms with E-state index in [0.29, 0.717) is 6.07 Å². The minimum atomic E-state index is -1.04. The summed E-state index contributed by atoms with van der Waals surface area (Å²) in [7, 11) is 0. The van der Waals surface area contributed by atoms with Gasteiger partial charge in [0.1, 0.15) is 23.3 Å². The second kappa shape index (κ2) is 10.0. The van der Waals surface area contributed by atoms with Crippen LogP contribution in [-0.2, 0) is 17.8 Å². The summed E-state index contributed by atoms with van der Waals surface area (Å²) in [5, 5.41) is 13.3. The summed E-state index contributed by atoms with van der Waals surface area (Å²) in [6.45, 7) is -0.267. The molecule has 3 heterocycles. The number of nitrogens with one attached hydrogen (secondary N) is 1. The summed E-state index contributed by atoms with van der Waals surface area (Å²) >= 11 is 0. The molecule has 1 unspecified atom stereocenters. The maximum absolute atomic E-state index is 14.0. The lowest BCUT2D eigenvalue weighted by Gasteiger charge is -2.35. The van der Waals surface area contributed by atoms with Crippen LogP contribution in [0.2, 0.25) is 0 Å². The summed E-state index contributed by atoms with van der Waals surface area (Å²) in [5.74, 6) is -3.97. The highest BCUT2D eigenvalue weighted by Gasteiger charge is 2.50. The molecule has 1 saturated heterocycles. The largest absolute Gasteiger partial charge is 0.503 e. The van der Waals surface area contributed by atoms with Crippen molar-refractivity contribution in [3.05, 3.63) is 135 Å². The van der Waals surface area contributed by atoms with Gasteiger partial charge in [0.05, 0.1) is 12.6 Å². The number of ether oxygens (including phenoxy) is 1. The molecule has 0 bridgehead atoms. The molecular formula is C30H23F2N3O5. The summed E-state index contributed by atoms with van der Waals surface area (Å²) in [5.41, 5.74) is -0.0176. The van der Waals surface area contributed by atoms with Gasteiger partial charge in [0.2, 0.25) is 5.43 Å². The number of carbonyl (C=O) groups excluding carboxylic acids is 2. The lowest BCUT2D eigenvalue weighted by atomic mass is 9.94. The number of nitrogens with zero attached hydrogens (tertiary/aromatic N) is 2. The van der Waals surface area contributed by atoms with Crippen molar-refractivity contribution in [3.63, 3.8) is 0 Å². The molecule has 0 spiro atoms. The van der Waals surface area contributed by atoms with Gasteiger partial charge in [-0.2, -0.15) is 0 Å². The summed E-state index contributed by atoms with van der Waals surface area (Å²) < 4.78 is 34.9. The number of aromatic hydroxyl groups is 1. The molecule has 2 amide bonds. The van der Waals surface area contributed by atoms with Gasteiger partial charge in [-0.1, -0.05) is 66.7 Å². The molecule has 2 aliphatic rings. The average Bonchev–Trinajstić information content (AvgIpc) is 3.35. The molecule has 4 aromatic rings. The molecule has 6 rings (SSSR count). The Kier molecular flexibility index (Phi) is 6.39. The average molecular weight is 544 g/mol. The Morgan fingerprint density at radius 3 is 2.33 bits per heavy atom. The van der Waals surface area contributed by atoms with Gasteiger partial charge in [-0.25, -0.2) is 8.78 Å². The fourth-order valence-electron chi connectivity index (χ4n) is 5.32. The van der Waals surface area contributed by atoms with E-state index in [2.05, 4.69) is 5.32 Å². The number of benzene rings is 3. The Bertz CT molecular complexity index is 1680. The van der Waals surface area contributed by atoms with Gasteiger partial charge in [-0.05, 0) is 17.2 Å². The van der Waals surface area contributed by atoms with E-state index in [0.717, 1.165) is 17.2 Å². The smallest absolute Gasteiger partial charge is 0.277 e. The first-order valence-corrected chi connectivity index (χ1v) is 12.6. The topological polar surface area (TPSA) is 101 Å². The van der Waals surface area contributed by atoms with Crippen molar-refractivity contribution in [2.45, 2.75) is 31.5 Å². The molecule has 2 aliphatic heterocycles. The molecule has 0 aliphatic carbocycles. The van der Waals surface area contributed by atoms with E-state index in [1.54, 1.807) is 0 Å². The Morgan fingerprint density at radius 2 is 1.65 bits per heavy atom. The minimum absolute atomic E-state index is 0.0149. The van der Waals surface area contributed by atoms with Crippen molar-refractivity contribution in [1.82, 2.24) is 14.8 Å². The van der Waals surface area contributed by atoms with Gasteiger partial charge in [0.25, 0.3) is 11.8 Å². The lowest BCUT2D eigenvalue weighted by Crippen LogP contribution is -2.47. The maximum atomic E-state index is 14.0. The van der Waals surface area contributed by atoms with E-state index in [-0.39, 0.29) is 24.3 Å². The number of amides is 2. The van der Waals surface area contributed by atoms with E-state index in [4.69, 9.17) is 4.74 Å². The number of hydrogen-bond acceptors (Lipinski definition) is 5. The van der Waals surface area contributed by atoms with Gasteiger partial charge in [0, 0.05) is 24.4 Å². The van der Waals surface area contributed by atoms with E-state index >= 15 is 0 Å². The van der Waals surface area contributed by atoms with Crippen LogP contribution in [0.1, 0.15) is 49.7 Å². The molecule has 202 valence electrons. The van der Waals surface area contributed by atoms with Crippen molar-refractivity contribution in [2.24, 2.45) is 0 Å². The number of rotatable bonds is 5. The number of carbonyl (C=O) groups is 2. The minimum Gasteiger partial charge on any atom is -0.503 e. The first-order chi connectivity index (χ1) is 19.3. The SMILES string of the molecule is O=C(NCc1ccc(F)cc1F)c1cn2c(c(O)c1=O)C(=O)N1C(c3ccccc3)[C@H](c3ccccc3)O[C@H]1C2. The highest BCUT2D eigenvalue weighted by Crippen LogP contribution is 2.47. The van der Waals surface area contributed by atoms with Crippen molar-refractivity contribution in [3.8, 4) is 5.75 Å². The van der Waals surface area contributed by atoms with Crippen LogP contribution in [0.3, 0.4) is 0 Å². The molecule has 3 aromatic carbocycles. The normalized spacial score (nSPS) is 19.7. The summed E-state index contributed by atoms with van der Waals surface area (Å²) in [4.78, 5) is 41.3. The third kappa shape index (κ3) is 4.32. The maximum Gasteiger partial charge on any atom is 0.277 e. The van der Waals surface area contributed by atoms with Crippen LogP contribution < -0.4 is 10.7 Å². The van der Waals surface area contributed by atoms with E-state index < -0.39 is 58.6 Å². The molecule has 1 fully saturated rings. The number of pyridine rings is 1. The highest BCUT2D eigenvalue weighted by molar-refractivity contribution is 5.99. The van der Waals surface area contributed by atoms with Crippen LogP contribution in [0.4, 0.5) is 8.78 Å². The summed E-state index contributed by atoms with van der Waals surface area (Å²) in [6.07, 6.45) is -0.0732. The Hall–Kier alpha value is -4.83. The molecule has 8 nitrogen and oxygen atoms in total. The van der Waals surface area contributed by atoms with Crippen LogP contribution >= 0.6 is 0 Å². The lowest BCUT2D eigenvalue weighted by molar-refractivity contribution is -0.0154. The predicted molar refractivity (Wildman–Crippen MR) is 139 cm³/mol.